The summed E-state index contributed by atoms with van der Waals surface area (Å²) in [6.07, 6.45) is 0.136. The molecule has 0 spiro atoms. The fraction of sp³-hybridized carbons (Fsp3) is 0.500. The number of carbonyl (C=O) groups excluding carboxylic acids is 1. The molecule has 0 aliphatic rings. The number of methoxy groups -OCH3 is 2. The lowest BCUT2D eigenvalue weighted by Crippen LogP contribution is -2.42. The zero-order valence-electron chi connectivity index (χ0n) is 11.7. The maximum atomic E-state index is 12.0. The van der Waals surface area contributed by atoms with E-state index in [2.05, 4.69) is 5.32 Å². The van der Waals surface area contributed by atoms with Crippen molar-refractivity contribution in [1.82, 2.24) is 5.32 Å². The molecule has 0 aromatic heterocycles. The van der Waals surface area contributed by atoms with Crippen LogP contribution in [0.2, 0.25) is 0 Å². The molecule has 106 valence electrons. The van der Waals surface area contributed by atoms with E-state index in [1.54, 1.807) is 7.11 Å². The standard InChI is InChI=1S/C14H22N2O3/c1-4-11(16-14(17)13(9-15)19-3)10-7-5-6-8-12(10)18-2/h5-8,11,13H,4,9,15H2,1-3H3,(H,16,17). The van der Waals surface area contributed by atoms with E-state index in [-0.39, 0.29) is 18.5 Å². The maximum absolute atomic E-state index is 12.0. The first-order valence-electron chi connectivity index (χ1n) is 6.34. The Morgan fingerprint density at radius 1 is 1.37 bits per heavy atom. The average molecular weight is 266 g/mol. The maximum Gasteiger partial charge on any atom is 0.250 e. The molecule has 2 unspecified atom stereocenters. The molecule has 0 fully saturated rings. The first-order chi connectivity index (χ1) is 9.17. The molecule has 1 aromatic carbocycles. The molecule has 1 amide bonds. The summed E-state index contributed by atoms with van der Waals surface area (Å²) in [6, 6.07) is 7.52. The highest BCUT2D eigenvalue weighted by atomic mass is 16.5. The number of para-hydroxylation sites is 1. The SMILES string of the molecule is CCC(NC(=O)C(CN)OC)c1ccccc1OC. The number of hydrogen-bond acceptors (Lipinski definition) is 4. The van der Waals surface area contributed by atoms with E-state index in [0.717, 1.165) is 17.7 Å². The monoisotopic (exact) mass is 266 g/mol. The Bertz CT molecular complexity index is 405. The van der Waals surface area contributed by atoms with Gasteiger partial charge in [0.2, 0.25) is 0 Å². The summed E-state index contributed by atoms with van der Waals surface area (Å²) in [5, 5.41) is 2.94. The summed E-state index contributed by atoms with van der Waals surface area (Å²) in [5.74, 6) is 0.555. The molecule has 1 aromatic rings. The summed E-state index contributed by atoms with van der Waals surface area (Å²) in [4.78, 5) is 12.0. The third kappa shape index (κ3) is 3.94. The van der Waals surface area contributed by atoms with Gasteiger partial charge in [-0.05, 0) is 12.5 Å². The predicted molar refractivity (Wildman–Crippen MR) is 74.0 cm³/mol. The van der Waals surface area contributed by atoms with Crippen LogP contribution in [0.25, 0.3) is 0 Å². The van der Waals surface area contributed by atoms with Gasteiger partial charge >= 0.3 is 0 Å². The number of hydrogen-bond donors (Lipinski definition) is 2. The van der Waals surface area contributed by atoms with Crippen molar-refractivity contribution < 1.29 is 14.3 Å². The van der Waals surface area contributed by atoms with Crippen LogP contribution in [0.3, 0.4) is 0 Å². The second-order valence-corrected chi connectivity index (χ2v) is 4.17. The molecule has 0 saturated carbocycles. The van der Waals surface area contributed by atoms with Crippen molar-refractivity contribution in [2.75, 3.05) is 20.8 Å². The summed E-state index contributed by atoms with van der Waals surface area (Å²) in [6.45, 7) is 2.16. The number of nitrogens with one attached hydrogen (secondary N) is 1. The van der Waals surface area contributed by atoms with Crippen molar-refractivity contribution in [3.63, 3.8) is 0 Å². The molecular weight excluding hydrogens is 244 g/mol. The predicted octanol–water partition coefficient (Wildman–Crippen LogP) is 1.24. The molecule has 0 bridgehead atoms. The second-order valence-electron chi connectivity index (χ2n) is 4.17. The molecule has 0 aliphatic carbocycles. The highest BCUT2D eigenvalue weighted by molar-refractivity contribution is 5.81. The van der Waals surface area contributed by atoms with Crippen molar-refractivity contribution in [3.8, 4) is 5.75 Å². The Labute approximate surface area is 114 Å². The van der Waals surface area contributed by atoms with Crippen LogP contribution >= 0.6 is 0 Å². The Balaban J connectivity index is 2.86. The van der Waals surface area contributed by atoms with Gasteiger partial charge in [-0.25, -0.2) is 0 Å². The fourth-order valence-corrected chi connectivity index (χ4v) is 1.93. The van der Waals surface area contributed by atoms with Gasteiger partial charge in [-0.15, -0.1) is 0 Å². The van der Waals surface area contributed by atoms with Gasteiger partial charge in [0, 0.05) is 19.2 Å². The van der Waals surface area contributed by atoms with Gasteiger partial charge in [-0.1, -0.05) is 25.1 Å². The van der Waals surface area contributed by atoms with Gasteiger partial charge in [-0.2, -0.15) is 0 Å². The van der Waals surface area contributed by atoms with Crippen LogP contribution in [0.1, 0.15) is 24.9 Å². The summed E-state index contributed by atoms with van der Waals surface area (Å²) in [5.41, 5.74) is 6.44. The summed E-state index contributed by atoms with van der Waals surface area (Å²) < 4.78 is 10.3. The van der Waals surface area contributed by atoms with Crippen LogP contribution < -0.4 is 15.8 Å². The zero-order chi connectivity index (χ0) is 14.3. The molecule has 0 aliphatic heterocycles. The van der Waals surface area contributed by atoms with Gasteiger partial charge in [-0.3, -0.25) is 4.79 Å². The van der Waals surface area contributed by atoms with Crippen molar-refractivity contribution >= 4 is 5.91 Å². The Kier molecular flexibility index (Phi) is 6.32. The number of carbonyl (C=O) groups is 1. The highest BCUT2D eigenvalue weighted by Gasteiger charge is 2.21. The fourth-order valence-electron chi connectivity index (χ4n) is 1.93. The molecule has 1 rings (SSSR count). The van der Waals surface area contributed by atoms with Crippen LogP contribution in [-0.2, 0) is 9.53 Å². The van der Waals surface area contributed by atoms with E-state index in [9.17, 15) is 4.79 Å². The van der Waals surface area contributed by atoms with E-state index in [1.165, 1.54) is 7.11 Å². The van der Waals surface area contributed by atoms with Crippen molar-refractivity contribution in [1.29, 1.82) is 0 Å². The van der Waals surface area contributed by atoms with E-state index < -0.39 is 6.10 Å². The third-order valence-corrected chi connectivity index (χ3v) is 3.03. The molecule has 3 N–H and O–H groups in total. The minimum absolute atomic E-state index is 0.118. The van der Waals surface area contributed by atoms with Gasteiger partial charge in [0.25, 0.3) is 5.91 Å². The Morgan fingerprint density at radius 3 is 2.58 bits per heavy atom. The average Bonchev–Trinajstić information content (AvgIpc) is 2.46. The number of amides is 1. The number of rotatable bonds is 7. The third-order valence-electron chi connectivity index (χ3n) is 3.03. The largest absolute Gasteiger partial charge is 0.496 e. The van der Waals surface area contributed by atoms with E-state index in [4.69, 9.17) is 15.2 Å². The Hall–Kier alpha value is -1.59. The molecular formula is C14H22N2O3. The molecule has 0 heterocycles. The first kappa shape index (κ1) is 15.5. The van der Waals surface area contributed by atoms with E-state index in [1.807, 2.05) is 31.2 Å². The van der Waals surface area contributed by atoms with Crippen LogP contribution in [0.4, 0.5) is 0 Å². The second kappa shape index (κ2) is 7.76. The van der Waals surface area contributed by atoms with Gasteiger partial charge in [0.15, 0.2) is 0 Å². The molecule has 0 saturated heterocycles. The minimum atomic E-state index is -0.622. The van der Waals surface area contributed by atoms with Gasteiger partial charge < -0.3 is 20.5 Å². The lowest BCUT2D eigenvalue weighted by atomic mass is 10.0. The molecule has 2 atom stereocenters. The summed E-state index contributed by atoms with van der Waals surface area (Å²) in [7, 11) is 3.09. The highest BCUT2D eigenvalue weighted by Crippen LogP contribution is 2.26. The number of nitrogens with two attached hydrogens (primary N) is 1. The van der Waals surface area contributed by atoms with E-state index >= 15 is 0 Å². The normalized spacial score (nSPS) is 13.7. The van der Waals surface area contributed by atoms with Gasteiger partial charge in [0.1, 0.15) is 11.9 Å². The van der Waals surface area contributed by atoms with Crippen LogP contribution in [-0.4, -0.2) is 32.8 Å². The quantitative estimate of drug-likeness (QED) is 0.778. The number of benzene rings is 1. The van der Waals surface area contributed by atoms with Gasteiger partial charge in [0.05, 0.1) is 13.2 Å². The van der Waals surface area contributed by atoms with Crippen molar-refractivity contribution in [2.24, 2.45) is 5.73 Å². The van der Waals surface area contributed by atoms with Crippen LogP contribution in [0, 0.1) is 0 Å². The zero-order valence-corrected chi connectivity index (χ0v) is 11.7. The first-order valence-corrected chi connectivity index (χ1v) is 6.34. The molecule has 19 heavy (non-hydrogen) atoms. The topological polar surface area (TPSA) is 73.6 Å². The summed E-state index contributed by atoms with van der Waals surface area (Å²) >= 11 is 0. The van der Waals surface area contributed by atoms with Crippen LogP contribution in [0.15, 0.2) is 24.3 Å². The van der Waals surface area contributed by atoms with Crippen LogP contribution in [0.5, 0.6) is 5.75 Å². The molecule has 5 heteroatoms. The van der Waals surface area contributed by atoms with Crippen molar-refractivity contribution in [2.45, 2.75) is 25.5 Å². The van der Waals surface area contributed by atoms with E-state index in [0.29, 0.717) is 0 Å². The molecule has 0 radical (unpaired) electrons. The lowest BCUT2D eigenvalue weighted by molar-refractivity contribution is -0.131. The Morgan fingerprint density at radius 2 is 2.05 bits per heavy atom. The molecule has 5 nitrogen and oxygen atoms in total. The van der Waals surface area contributed by atoms with Crippen molar-refractivity contribution in [3.05, 3.63) is 29.8 Å². The number of ether oxygens (including phenoxy) is 2. The minimum Gasteiger partial charge on any atom is -0.496 e. The lowest BCUT2D eigenvalue weighted by Gasteiger charge is -2.22. The smallest absolute Gasteiger partial charge is 0.250 e.